The minimum atomic E-state index is -0.680. The Labute approximate surface area is 169 Å². The number of nitriles is 1. The van der Waals surface area contributed by atoms with Gasteiger partial charge in [-0.15, -0.1) is 0 Å². The molecule has 1 saturated heterocycles. The van der Waals surface area contributed by atoms with Gasteiger partial charge in [-0.05, 0) is 37.0 Å². The van der Waals surface area contributed by atoms with Crippen molar-refractivity contribution >= 4 is 0 Å². The van der Waals surface area contributed by atoms with Crippen LogP contribution < -0.4 is 10.1 Å². The van der Waals surface area contributed by atoms with Crippen LogP contribution in [0.15, 0.2) is 18.2 Å². The second-order valence-electron chi connectivity index (χ2n) is 8.34. The number of piperazine rings is 1. The zero-order valence-corrected chi connectivity index (χ0v) is 17.3. The summed E-state index contributed by atoms with van der Waals surface area (Å²) in [4.78, 5) is 2.45. The Hall–Kier alpha value is -1.61. The molecule has 2 fully saturated rings. The van der Waals surface area contributed by atoms with Crippen LogP contribution in [0.5, 0.6) is 5.75 Å². The molecule has 0 bridgehead atoms. The maximum atomic E-state index is 11.6. The van der Waals surface area contributed by atoms with E-state index in [4.69, 9.17) is 4.74 Å². The zero-order valence-electron chi connectivity index (χ0n) is 17.3. The van der Waals surface area contributed by atoms with Crippen molar-refractivity contribution in [2.45, 2.75) is 63.4 Å². The Bertz CT molecular complexity index is 658. The number of ether oxygens (including phenoxy) is 1. The third-order valence-electron chi connectivity index (χ3n) is 6.30. The van der Waals surface area contributed by atoms with Crippen molar-refractivity contribution in [1.29, 1.82) is 5.26 Å². The summed E-state index contributed by atoms with van der Waals surface area (Å²) in [6, 6.07) is 8.27. The first-order chi connectivity index (χ1) is 13.7. The van der Waals surface area contributed by atoms with Crippen molar-refractivity contribution in [3.05, 3.63) is 29.3 Å². The molecule has 2 aliphatic rings. The van der Waals surface area contributed by atoms with E-state index in [2.05, 4.69) is 29.3 Å². The Morgan fingerprint density at radius 1 is 1.25 bits per heavy atom. The van der Waals surface area contributed by atoms with Gasteiger partial charge in [-0.25, -0.2) is 0 Å². The number of nitrogens with one attached hydrogen (secondary N) is 1. The van der Waals surface area contributed by atoms with E-state index in [0.717, 1.165) is 76.8 Å². The van der Waals surface area contributed by atoms with Crippen LogP contribution >= 0.6 is 0 Å². The summed E-state index contributed by atoms with van der Waals surface area (Å²) in [6.45, 7) is 7.63. The Morgan fingerprint density at radius 2 is 2.00 bits per heavy atom. The summed E-state index contributed by atoms with van der Waals surface area (Å²) in [7, 11) is 0. The lowest BCUT2D eigenvalue weighted by molar-refractivity contribution is -0.0316. The summed E-state index contributed by atoms with van der Waals surface area (Å²) in [5, 5.41) is 24.6. The minimum Gasteiger partial charge on any atom is -0.492 e. The molecule has 0 spiro atoms. The van der Waals surface area contributed by atoms with Gasteiger partial charge in [0, 0.05) is 38.6 Å². The first-order valence-corrected chi connectivity index (χ1v) is 11.0. The van der Waals surface area contributed by atoms with Gasteiger partial charge in [0.2, 0.25) is 0 Å². The van der Waals surface area contributed by atoms with Crippen LogP contribution in [0.4, 0.5) is 0 Å². The third-order valence-corrected chi connectivity index (χ3v) is 6.30. The SMILES string of the molecule is CCCCOc1ccc(C(CN2CCNCC2)C2(O)CCCCC2)cc1C#N. The smallest absolute Gasteiger partial charge is 0.137 e. The lowest BCUT2D eigenvalue weighted by Gasteiger charge is -2.42. The number of benzene rings is 1. The van der Waals surface area contributed by atoms with Crippen molar-refractivity contribution in [2.75, 3.05) is 39.3 Å². The summed E-state index contributed by atoms with van der Waals surface area (Å²) < 4.78 is 5.82. The number of rotatable bonds is 8. The molecule has 154 valence electrons. The second kappa shape index (κ2) is 10.2. The Balaban J connectivity index is 1.84. The topological polar surface area (TPSA) is 68.5 Å². The van der Waals surface area contributed by atoms with E-state index < -0.39 is 5.60 Å². The van der Waals surface area contributed by atoms with E-state index in [0.29, 0.717) is 17.9 Å². The van der Waals surface area contributed by atoms with Crippen molar-refractivity contribution in [3.8, 4) is 11.8 Å². The molecule has 1 heterocycles. The van der Waals surface area contributed by atoms with Crippen LogP contribution in [0.2, 0.25) is 0 Å². The van der Waals surface area contributed by atoms with E-state index in [1.165, 1.54) is 6.42 Å². The van der Waals surface area contributed by atoms with E-state index in [-0.39, 0.29) is 5.92 Å². The first kappa shape index (κ1) is 21.1. The summed E-state index contributed by atoms with van der Waals surface area (Å²) in [6.07, 6.45) is 7.12. The molecule has 1 aromatic rings. The fourth-order valence-corrected chi connectivity index (χ4v) is 4.55. The molecule has 1 aliphatic carbocycles. The van der Waals surface area contributed by atoms with Gasteiger partial charge in [-0.2, -0.15) is 5.26 Å². The standard InChI is InChI=1S/C23H35N3O2/c1-2-3-15-28-22-8-7-19(16-20(22)17-24)21(18-26-13-11-25-12-14-26)23(27)9-5-4-6-10-23/h7-8,16,21,25,27H,2-6,9-15,18H2,1H3. The number of aliphatic hydroxyl groups is 1. The van der Waals surface area contributed by atoms with Crippen molar-refractivity contribution < 1.29 is 9.84 Å². The fourth-order valence-electron chi connectivity index (χ4n) is 4.55. The molecular formula is C23H35N3O2. The van der Waals surface area contributed by atoms with Crippen LogP contribution in [0, 0.1) is 11.3 Å². The number of nitrogens with zero attached hydrogens (tertiary/aromatic N) is 2. The molecule has 3 rings (SSSR count). The van der Waals surface area contributed by atoms with Crippen LogP contribution in [-0.2, 0) is 0 Å². The molecule has 0 radical (unpaired) electrons. The number of hydrogen-bond acceptors (Lipinski definition) is 5. The molecule has 28 heavy (non-hydrogen) atoms. The fraction of sp³-hybridized carbons (Fsp3) is 0.696. The third kappa shape index (κ3) is 5.26. The summed E-state index contributed by atoms with van der Waals surface area (Å²) >= 11 is 0. The maximum Gasteiger partial charge on any atom is 0.137 e. The average molecular weight is 386 g/mol. The first-order valence-electron chi connectivity index (χ1n) is 11.0. The van der Waals surface area contributed by atoms with Crippen molar-refractivity contribution in [1.82, 2.24) is 10.2 Å². The highest BCUT2D eigenvalue weighted by atomic mass is 16.5. The van der Waals surface area contributed by atoms with E-state index >= 15 is 0 Å². The Kier molecular flexibility index (Phi) is 7.73. The largest absolute Gasteiger partial charge is 0.492 e. The second-order valence-corrected chi connectivity index (χ2v) is 8.34. The van der Waals surface area contributed by atoms with Crippen molar-refractivity contribution in [3.63, 3.8) is 0 Å². The quantitative estimate of drug-likeness (QED) is 0.671. The molecule has 2 N–H and O–H groups in total. The highest BCUT2D eigenvalue weighted by molar-refractivity contribution is 5.47. The lowest BCUT2D eigenvalue weighted by atomic mass is 9.72. The van der Waals surface area contributed by atoms with Gasteiger partial charge in [-0.3, -0.25) is 0 Å². The molecule has 1 aromatic carbocycles. The van der Waals surface area contributed by atoms with Crippen LogP contribution in [0.1, 0.15) is 68.9 Å². The maximum absolute atomic E-state index is 11.6. The van der Waals surface area contributed by atoms with Crippen LogP contribution in [-0.4, -0.2) is 54.9 Å². The molecule has 1 unspecified atom stereocenters. The summed E-state index contributed by atoms with van der Waals surface area (Å²) in [5.74, 6) is 0.693. The van der Waals surface area contributed by atoms with Gasteiger partial charge in [0.1, 0.15) is 11.8 Å². The number of unbranched alkanes of at least 4 members (excludes halogenated alkanes) is 1. The lowest BCUT2D eigenvalue weighted by Crippen LogP contribution is -2.49. The monoisotopic (exact) mass is 385 g/mol. The number of hydrogen-bond donors (Lipinski definition) is 2. The molecule has 5 heteroatoms. The van der Waals surface area contributed by atoms with Gasteiger partial charge < -0.3 is 20.1 Å². The van der Waals surface area contributed by atoms with Gasteiger partial charge in [0.25, 0.3) is 0 Å². The zero-order chi connectivity index (χ0) is 19.8. The molecular weight excluding hydrogens is 350 g/mol. The van der Waals surface area contributed by atoms with Gasteiger partial charge in [0.15, 0.2) is 0 Å². The van der Waals surface area contributed by atoms with Gasteiger partial charge in [0.05, 0.1) is 17.8 Å². The average Bonchev–Trinajstić information content (AvgIpc) is 2.73. The highest BCUT2D eigenvalue weighted by Gasteiger charge is 2.40. The van der Waals surface area contributed by atoms with E-state index in [1.54, 1.807) is 0 Å². The molecule has 1 atom stereocenters. The predicted molar refractivity (Wildman–Crippen MR) is 112 cm³/mol. The molecule has 1 aliphatic heterocycles. The Morgan fingerprint density at radius 3 is 2.68 bits per heavy atom. The normalized spacial score (nSPS) is 21.0. The van der Waals surface area contributed by atoms with Crippen LogP contribution in [0.25, 0.3) is 0 Å². The van der Waals surface area contributed by atoms with Gasteiger partial charge in [-0.1, -0.05) is 38.7 Å². The van der Waals surface area contributed by atoms with E-state index in [9.17, 15) is 10.4 Å². The predicted octanol–water partition coefficient (Wildman–Crippen LogP) is 3.42. The van der Waals surface area contributed by atoms with Crippen molar-refractivity contribution in [2.24, 2.45) is 0 Å². The van der Waals surface area contributed by atoms with Gasteiger partial charge >= 0.3 is 0 Å². The highest BCUT2D eigenvalue weighted by Crippen LogP contribution is 2.41. The minimum absolute atomic E-state index is 0.0303. The summed E-state index contributed by atoms with van der Waals surface area (Å²) in [5.41, 5.74) is 0.973. The molecule has 5 nitrogen and oxygen atoms in total. The molecule has 0 aromatic heterocycles. The molecule has 0 amide bonds. The van der Waals surface area contributed by atoms with Crippen LogP contribution in [0.3, 0.4) is 0 Å². The van der Waals surface area contributed by atoms with E-state index in [1.807, 2.05) is 12.1 Å². The molecule has 1 saturated carbocycles.